The van der Waals surface area contributed by atoms with Crippen molar-refractivity contribution in [3.8, 4) is 0 Å². The Hall–Kier alpha value is -1.32. The molecule has 0 spiro atoms. The van der Waals surface area contributed by atoms with Gasteiger partial charge in [-0.25, -0.2) is 0 Å². The van der Waals surface area contributed by atoms with Crippen LogP contribution in [-0.4, -0.2) is 14.9 Å². The molecule has 0 bridgehead atoms. The van der Waals surface area contributed by atoms with E-state index in [1.165, 1.54) is 0 Å². The van der Waals surface area contributed by atoms with Crippen molar-refractivity contribution in [1.29, 1.82) is 0 Å². The molecule has 0 aliphatic rings. The summed E-state index contributed by atoms with van der Waals surface area (Å²) in [7, 11) is 0. The first kappa shape index (κ1) is 13.1. The highest BCUT2D eigenvalue weighted by Gasteiger charge is 2.14. The number of aryl methyl sites for hydroxylation is 1. The standard InChI is InChI=1S/C14H17ClN2O/c1-2-9-17-13(7-8-16-17)14(18)10-11-5-3-4-6-12(11)15/h3-8,14,18H,2,9-10H2,1H3. The molecule has 0 amide bonds. The second-order valence-electron chi connectivity index (χ2n) is 4.29. The van der Waals surface area contributed by atoms with Gasteiger partial charge in [0.2, 0.25) is 0 Å². The van der Waals surface area contributed by atoms with Crippen molar-refractivity contribution >= 4 is 11.6 Å². The number of benzene rings is 1. The summed E-state index contributed by atoms with van der Waals surface area (Å²) in [5.41, 5.74) is 1.80. The van der Waals surface area contributed by atoms with Crippen molar-refractivity contribution in [2.45, 2.75) is 32.4 Å². The number of hydrogen-bond donors (Lipinski definition) is 1. The van der Waals surface area contributed by atoms with Gasteiger partial charge in [-0.3, -0.25) is 4.68 Å². The molecule has 1 aromatic carbocycles. The summed E-state index contributed by atoms with van der Waals surface area (Å²) in [6, 6.07) is 9.45. The number of rotatable bonds is 5. The molecule has 4 heteroatoms. The van der Waals surface area contributed by atoms with Gasteiger partial charge in [0, 0.05) is 24.2 Å². The maximum atomic E-state index is 10.3. The minimum Gasteiger partial charge on any atom is -0.386 e. The molecule has 0 saturated carbocycles. The average molecular weight is 265 g/mol. The average Bonchev–Trinajstić information content (AvgIpc) is 2.81. The molecule has 2 aromatic rings. The molecule has 0 saturated heterocycles. The predicted molar refractivity (Wildman–Crippen MR) is 72.6 cm³/mol. The van der Waals surface area contributed by atoms with E-state index >= 15 is 0 Å². The van der Waals surface area contributed by atoms with Gasteiger partial charge < -0.3 is 5.11 Å². The number of aliphatic hydroxyl groups excluding tert-OH is 1. The summed E-state index contributed by atoms with van der Waals surface area (Å²) in [5, 5.41) is 15.2. The first-order chi connectivity index (χ1) is 8.72. The van der Waals surface area contributed by atoms with Gasteiger partial charge in [0.25, 0.3) is 0 Å². The molecule has 1 aromatic heterocycles. The van der Waals surface area contributed by atoms with Crippen molar-refractivity contribution in [1.82, 2.24) is 9.78 Å². The molecule has 1 unspecified atom stereocenters. The van der Waals surface area contributed by atoms with E-state index in [9.17, 15) is 5.11 Å². The van der Waals surface area contributed by atoms with Crippen LogP contribution in [0.4, 0.5) is 0 Å². The Morgan fingerprint density at radius 2 is 2.11 bits per heavy atom. The molecule has 0 radical (unpaired) electrons. The lowest BCUT2D eigenvalue weighted by atomic mass is 10.1. The Morgan fingerprint density at radius 3 is 2.83 bits per heavy atom. The maximum absolute atomic E-state index is 10.3. The fourth-order valence-electron chi connectivity index (χ4n) is 2.00. The predicted octanol–water partition coefficient (Wildman–Crippen LogP) is 3.22. The molecule has 0 aliphatic heterocycles. The third kappa shape index (κ3) is 2.92. The zero-order valence-corrected chi connectivity index (χ0v) is 11.1. The van der Waals surface area contributed by atoms with Crippen molar-refractivity contribution in [3.05, 3.63) is 52.8 Å². The van der Waals surface area contributed by atoms with Crippen LogP contribution in [0, 0.1) is 0 Å². The van der Waals surface area contributed by atoms with Crippen LogP contribution in [0.5, 0.6) is 0 Å². The molecule has 18 heavy (non-hydrogen) atoms. The van der Waals surface area contributed by atoms with Crippen molar-refractivity contribution in [2.24, 2.45) is 0 Å². The van der Waals surface area contributed by atoms with Gasteiger partial charge in [0.15, 0.2) is 0 Å². The lowest BCUT2D eigenvalue weighted by molar-refractivity contribution is 0.166. The van der Waals surface area contributed by atoms with E-state index in [-0.39, 0.29) is 0 Å². The summed E-state index contributed by atoms with van der Waals surface area (Å²) in [6.07, 6.45) is 2.66. The lowest BCUT2D eigenvalue weighted by Crippen LogP contribution is -2.11. The van der Waals surface area contributed by atoms with E-state index in [0.29, 0.717) is 11.4 Å². The first-order valence-corrected chi connectivity index (χ1v) is 6.53. The molecule has 2 rings (SSSR count). The Balaban J connectivity index is 2.14. The molecule has 0 fully saturated rings. The SMILES string of the molecule is CCCn1nccc1C(O)Cc1ccccc1Cl. The number of aromatic nitrogens is 2. The van der Waals surface area contributed by atoms with Gasteiger partial charge in [-0.15, -0.1) is 0 Å². The topological polar surface area (TPSA) is 38.0 Å². The molecular formula is C14H17ClN2O. The van der Waals surface area contributed by atoms with Crippen LogP contribution in [0.1, 0.15) is 30.7 Å². The van der Waals surface area contributed by atoms with E-state index in [1.807, 2.05) is 35.0 Å². The Kier molecular flexibility index (Phi) is 4.39. The van der Waals surface area contributed by atoms with E-state index in [1.54, 1.807) is 6.20 Å². The quantitative estimate of drug-likeness (QED) is 0.900. The fraction of sp³-hybridized carbons (Fsp3) is 0.357. The van der Waals surface area contributed by atoms with Crippen molar-refractivity contribution in [3.63, 3.8) is 0 Å². The highest BCUT2D eigenvalue weighted by molar-refractivity contribution is 6.31. The van der Waals surface area contributed by atoms with Crippen LogP contribution in [0.25, 0.3) is 0 Å². The first-order valence-electron chi connectivity index (χ1n) is 6.15. The number of halogens is 1. The van der Waals surface area contributed by atoms with Crippen LogP contribution in [-0.2, 0) is 13.0 Å². The van der Waals surface area contributed by atoms with Gasteiger partial charge in [-0.2, -0.15) is 5.10 Å². The Labute approximate surface area is 112 Å². The minimum atomic E-state index is -0.570. The van der Waals surface area contributed by atoms with Gasteiger partial charge in [-0.1, -0.05) is 36.7 Å². The summed E-state index contributed by atoms with van der Waals surface area (Å²) in [4.78, 5) is 0. The van der Waals surface area contributed by atoms with Gasteiger partial charge in [0.05, 0.1) is 11.8 Å². The summed E-state index contributed by atoms with van der Waals surface area (Å²) < 4.78 is 1.85. The molecule has 1 atom stereocenters. The normalized spacial score (nSPS) is 12.6. The van der Waals surface area contributed by atoms with Crippen molar-refractivity contribution in [2.75, 3.05) is 0 Å². The largest absolute Gasteiger partial charge is 0.386 e. The molecule has 3 nitrogen and oxygen atoms in total. The second kappa shape index (κ2) is 6.03. The lowest BCUT2D eigenvalue weighted by Gasteiger charge is -2.13. The van der Waals surface area contributed by atoms with Gasteiger partial charge in [-0.05, 0) is 24.1 Å². The molecule has 1 N–H and O–H groups in total. The van der Waals surface area contributed by atoms with Crippen LogP contribution in [0.2, 0.25) is 5.02 Å². The highest BCUT2D eigenvalue weighted by atomic mass is 35.5. The monoisotopic (exact) mass is 264 g/mol. The van der Waals surface area contributed by atoms with E-state index < -0.39 is 6.10 Å². The third-order valence-corrected chi connectivity index (χ3v) is 3.27. The van der Waals surface area contributed by atoms with Crippen LogP contribution in [0.3, 0.4) is 0 Å². The number of hydrogen-bond acceptors (Lipinski definition) is 2. The molecular weight excluding hydrogens is 248 g/mol. The zero-order chi connectivity index (χ0) is 13.0. The highest BCUT2D eigenvalue weighted by Crippen LogP contribution is 2.23. The zero-order valence-electron chi connectivity index (χ0n) is 10.4. The van der Waals surface area contributed by atoms with Crippen LogP contribution < -0.4 is 0 Å². The maximum Gasteiger partial charge on any atom is 0.0997 e. The second-order valence-corrected chi connectivity index (χ2v) is 4.70. The smallest absolute Gasteiger partial charge is 0.0997 e. The summed E-state index contributed by atoms with van der Waals surface area (Å²) >= 11 is 6.10. The van der Waals surface area contributed by atoms with Crippen LogP contribution in [0.15, 0.2) is 36.5 Å². The summed E-state index contributed by atoms with van der Waals surface area (Å²) in [6.45, 7) is 2.91. The molecule has 0 aliphatic carbocycles. The fourth-order valence-corrected chi connectivity index (χ4v) is 2.21. The third-order valence-electron chi connectivity index (χ3n) is 2.90. The van der Waals surface area contributed by atoms with Crippen molar-refractivity contribution < 1.29 is 5.11 Å². The van der Waals surface area contributed by atoms with E-state index in [2.05, 4.69) is 12.0 Å². The Morgan fingerprint density at radius 1 is 1.33 bits per heavy atom. The number of nitrogens with zero attached hydrogens (tertiary/aromatic N) is 2. The Bertz CT molecular complexity index is 510. The van der Waals surface area contributed by atoms with Crippen LogP contribution >= 0.6 is 11.6 Å². The summed E-state index contributed by atoms with van der Waals surface area (Å²) in [5.74, 6) is 0. The molecule has 96 valence electrons. The minimum absolute atomic E-state index is 0.509. The van der Waals surface area contributed by atoms with Gasteiger partial charge in [0.1, 0.15) is 0 Å². The van der Waals surface area contributed by atoms with E-state index in [0.717, 1.165) is 24.2 Å². The van der Waals surface area contributed by atoms with E-state index in [4.69, 9.17) is 11.6 Å². The molecule has 1 heterocycles. The van der Waals surface area contributed by atoms with Gasteiger partial charge >= 0.3 is 0 Å². The number of aliphatic hydroxyl groups is 1.